The summed E-state index contributed by atoms with van der Waals surface area (Å²) in [6.07, 6.45) is 7.77. The van der Waals surface area contributed by atoms with E-state index in [1.807, 2.05) is 12.1 Å². The number of carboxylic acid groups (broad SMARTS) is 2. The average molecular weight is 346 g/mol. The van der Waals surface area contributed by atoms with Crippen LogP contribution in [0, 0.1) is 10.8 Å². The molecule has 0 amide bonds. The van der Waals surface area contributed by atoms with Crippen molar-refractivity contribution in [2.45, 2.75) is 71.6 Å². The maximum absolute atomic E-state index is 11.3. The zero-order valence-electron chi connectivity index (χ0n) is 15.4. The molecule has 0 aromatic heterocycles. The molecular weight excluding hydrogens is 316 g/mol. The van der Waals surface area contributed by atoms with Gasteiger partial charge in [-0.15, -0.1) is 0 Å². The van der Waals surface area contributed by atoms with E-state index in [1.54, 1.807) is 13.8 Å². The van der Waals surface area contributed by atoms with Crippen molar-refractivity contribution in [1.29, 1.82) is 0 Å². The molecule has 0 aliphatic heterocycles. The van der Waals surface area contributed by atoms with Crippen molar-refractivity contribution in [3.05, 3.63) is 35.4 Å². The van der Waals surface area contributed by atoms with E-state index in [2.05, 4.69) is 12.1 Å². The van der Waals surface area contributed by atoms with Crippen molar-refractivity contribution in [1.82, 2.24) is 0 Å². The van der Waals surface area contributed by atoms with Crippen LogP contribution in [0.2, 0.25) is 0 Å². The predicted molar refractivity (Wildman–Crippen MR) is 97.7 cm³/mol. The smallest absolute Gasteiger partial charge is 0.309 e. The van der Waals surface area contributed by atoms with Gasteiger partial charge in [-0.25, -0.2) is 0 Å². The Labute approximate surface area is 150 Å². The number of aliphatic carboxylic acids is 2. The molecular formula is C21H30O4. The molecule has 1 aliphatic carbocycles. The van der Waals surface area contributed by atoms with E-state index in [0.29, 0.717) is 6.42 Å². The van der Waals surface area contributed by atoms with Gasteiger partial charge in [-0.3, -0.25) is 9.59 Å². The minimum Gasteiger partial charge on any atom is -0.481 e. The Morgan fingerprint density at radius 1 is 1.00 bits per heavy atom. The first kappa shape index (κ1) is 19.5. The second-order valence-corrected chi connectivity index (χ2v) is 8.10. The van der Waals surface area contributed by atoms with Crippen LogP contribution >= 0.6 is 0 Å². The van der Waals surface area contributed by atoms with Crippen LogP contribution in [0.5, 0.6) is 0 Å². The van der Waals surface area contributed by atoms with Gasteiger partial charge in [-0.05, 0) is 76.3 Å². The Morgan fingerprint density at radius 3 is 2.04 bits per heavy atom. The van der Waals surface area contributed by atoms with Gasteiger partial charge in [-0.1, -0.05) is 30.7 Å². The third-order valence-corrected chi connectivity index (χ3v) is 5.60. The first-order valence-electron chi connectivity index (χ1n) is 9.30. The number of benzene rings is 1. The topological polar surface area (TPSA) is 74.6 Å². The van der Waals surface area contributed by atoms with Crippen LogP contribution < -0.4 is 0 Å². The van der Waals surface area contributed by atoms with Gasteiger partial charge in [0.15, 0.2) is 0 Å². The summed E-state index contributed by atoms with van der Waals surface area (Å²) in [6, 6.07) is 8.36. The number of hydrogen-bond acceptors (Lipinski definition) is 2. The minimum atomic E-state index is -0.736. The van der Waals surface area contributed by atoms with Crippen molar-refractivity contribution in [2.24, 2.45) is 10.8 Å². The lowest BCUT2D eigenvalue weighted by molar-refractivity contribution is -0.147. The van der Waals surface area contributed by atoms with E-state index in [-0.39, 0.29) is 0 Å². The fourth-order valence-electron chi connectivity index (χ4n) is 3.37. The van der Waals surface area contributed by atoms with E-state index < -0.39 is 22.8 Å². The summed E-state index contributed by atoms with van der Waals surface area (Å²) in [4.78, 5) is 22.4. The maximum Gasteiger partial charge on any atom is 0.309 e. The van der Waals surface area contributed by atoms with Crippen LogP contribution in [-0.2, 0) is 22.4 Å². The van der Waals surface area contributed by atoms with Crippen LogP contribution in [0.15, 0.2) is 24.3 Å². The molecule has 1 saturated carbocycles. The first-order valence-corrected chi connectivity index (χ1v) is 9.30. The Balaban J connectivity index is 1.80. The second-order valence-electron chi connectivity index (χ2n) is 8.10. The van der Waals surface area contributed by atoms with E-state index >= 15 is 0 Å². The molecule has 1 aromatic carbocycles. The van der Waals surface area contributed by atoms with Crippen LogP contribution in [0.1, 0.15) is 69.9 Å². The summed E-state index contributed by atoms with van der Waals surface area (Å²) in [5, 5.41) is 18.4. The summed E-state index contributed by atoms with van der Waals surface area (Å²) in [7, 11) is 0. The number of rotatable bonds is 11. The molecule has 2 rings (SSSR count). The van der Waals surface area contributed by atoms with Crippen molar-refractivity contribution < 1.29 is 19.8 Å². The summed E-state index contributed by atoms with van der Waals surface area (Å²) >= 11 is 0. The van der Waals surface area contributed by atoms with Gasteiger partial charge in [0, 0.05) is 0 Å². The third kappa shape index (κ3) is 5.32. The molecule has 2 N–H and O–H groups in total. The normalized spacial score (nSPS) is 15.8. The first-order chi connectivity index (χ1) is 11.8. The highest BCUT2D eigenvalue weighted by Gasteiger charge is 2.49. The van der Waals surface area contributed by atoms with Crippen molar-refractivity contribution >= 4 is 11.9 Å². The molecule has 1 aliphatic rings. The fourth-order valence-corrected chi connectivity index (χ4v) is 3.37. The van der Waals surface area contributed by atoms with Gasteiger partial charge in [0.05, 0.1) is 10.8 Å². The molecule has 0 spiro atoms. The molecule has 25 heavy (non-hydrogen) atoms. The molecule has 0 atom stereocenters. The van der Waals surface area contributed by atoms with Gasteiger partial charge < -0.3 is 10.2 Å². The fraction of sp³-hybridized carbons (Fsp3) is 0.619. The summed E-state index contributed by atoms with van der Waals surface area (Å²) in [6.45, 7) is 3.55. The van der Waals surface area contributed by atoms with Crippen molar-refractivity contribution in [3.63, 3.8) is 0 Å². The molecule has 0 heterocycles. The largest absolute Gasteiger partial charge is 0.481 e. The van der Waals surface area contributed by atoms with Gasteiger partial charge in [-0.2, -0.15) is 0 Å². The van der Waals surface area contributed by atoms with Gasteiger partial charge in [0.1, 0.15) is 0 Å². The van der Waals surface area contributed by atoms with Gasteiger partial charge in [0.25, 0.3) is 0 Å². The predicted octanol–water partition coefficient (Wildman–Crippen LogP) is 4.70. The number of carboxylic acids is 2. The number of aryl methyl sites for hydroxylation is 2. The molecule has 0 saturated heterocycles. The zero-order chi connectivity index (χ0) is 18.5. The highest BCUT2D eigenvalue weighted by molar-refractivity contribution is 5.77. The molecule has 4 nitrogen and oxygen atoms in total. The summed E-state index contributed by atoms with van der Waals surface area (Å²) in [5.41, 5.74) is 1.53. The van der Waals surface area contributed by atoms with Gasteiger partial charge in [0.2, 0.25) is 0 Å². The summed E-state index contributed by atoms with van der Waals surface area (Å²) in [5.74, 6) is -1.37. The Hall–Kier alpha value is -1.84. The molecule has 1 aromatic rings. The lowest BCUT2D eigenvalue weighted by Gasteiger charge is -2.18. The van der Waals surface area contributed by atoms with Crippen LogP contribution in [0.4, 0.5) is 0 Å². The van der Waals surface area contributed by atoms with Crippen molar-refractivity contribution in [3.8, 4) is 0 Å². The van der Waals surface area contributed by atoms with E-state index in [1.165, 1.54) is 11.1 Å². The van der Waals surface area contributed by atoms with Crippen LogP contribution in [0.3, 0.4) is 0 Å². The standard InChI is InChI=1S/C21H30O4/c1-20(2,18(22)23)12-6-5-10-16-8-3-4-9-17(16)11-7-13-21(14-15-21)19(24)25/h3-4,8-9H,5-7,10-15H2,1-2H3,(H,22,23)(H,24,25). The summed E-state index contributed by atoms with van der Waals surface area (Å²) < 4.78 is 0. The quantitative estimate of drug-likeness (QED) is 0.570. The Kier molecular flexibility index (Phi) is 6.26. The SMILES string of the molecule is CC(C)(CCCCc1ccccc1CCCC1(C(=O)O)CC1)C(=O)O. The number of hydrogen-bond donors (Lipinski definition) is 2. The second kappa shape index (κ2) is 8.03. The minimum absolute atomic E-state index is 0.433. The highest BCUT2D eigenvalue weighted by Crippen LogP contribution is 2.50. The molecule has 138 valence electrons. The van der Waals surface area contributed by atoms with E-state index in [4.69, 9.17) is 5.11 Å². The highest BCUT2D eigenvalue weighted by atomic mass is 16.4. The van der Waals surface area contributed by atoms with E-state index in [0.717, 1.165) is 51.4 Å². The van der Waals surface area contributed by atoms with Crippen molar-refractivity contribution in [2.75, 3.05) is 0 Å². The molecule has 0 bridgehead atoms. The third-order valence-electron chi connectivity index (χ3n) is 5.60. The Morgan fingerprint density at radius 2 is 1.56 bits per heavy atom. The lowest BCUT2D eigenvalue weighted by atomic mass is 9.86. The monoisotopic (exact) mass is 346 g/mol. The Bertz CT molecular complexity index is 614. The lowest BCUT2D eigenvalue weighted by Crippen LogP contribution is -2.23. The average Bonchev–Trinajstić information content (AvgIpc) is 3.34. The van der Waals surface area contributed by atoms with Crippen LogP contribution in [-0.4, -0.2) is 22.2 Å². The van der Waals surface area contributed by atoms with Crippen LogP contribution in [0.25, 0.3) is 0 Å². The molecule has 4 heteroatoms. The number of unbranched alkanes of at least 4 members (excludes halogenated alkanes) is 1. The zero-order valence-corrected chi connectivity index (χ0v) is 15.4. The maximum atomic E-state index is 11.3. The van der Waals surface area contributed by atoms with E-state index in [9.17, 15) is 14.7 Å². The van der Waals surface area contributed by atoms with Gasteiger partial charge >= 0.3 is 11.9 Å². The molecule has 0 radical (unpaired) electrons. The molecule has 1 fully saturated rings. The molecule has 0 unspecified atom stereocenters. The number of carbonyl (C=O) groups is 2.